The van der Waals surface area contributed by atoms with E-state index in [1.807, 2.05) is 48.4 Å². The van der Waals surface area contributed by atoms with Gasteiger partial charge < -0.3 is 15.1 Å². The number of thiophene rings is 1. The molecule has 6 heteroatoms. The zero-order chi connectivity index (χ0) is 20.1. The molecular formula is C22H27N3O2S. The van der Waals surface area contributed by atoms with Crippen LogP contribution in [0.5, 0.6) is 0 Å². The van der Waals surface area contributed by atoms with Crippen molar-refractivity contribution in [3.05, 3.63) is 63.0 Å². The first-order chi connectivity index (χ1) is 13.4. The summed E-state index contributed by atoms with van der Waals surface area (Å²) in [5.74, 6) is -0.382. The molecule has 1 aliphatic heterocycles. The van der Waals surface area contributed by atoms with E-state index in [0.29, 0.717) is 24.4 Å². The van der Waals surface area contributed by atoms with Crippen LogP contribution in [-0.4, -0.2) is 54.8 Å². The Hall–Kier alpha value is -2.44. The topological polar surface area (TPSA) is 52.7 Å². The summed E-state index contributed by atoms with van der Waals surface area (Å²) in [7, 11) is 2.07. The Kier molecular flexibility index (Phi) is 6.65. The predicted octanol–water partition coefficient (Wildman–Crippen LogP) is 3.30. The van der Waals surface area contributed by atoms with Crippen LogP contribution >= 0.6 is 11.3 Å². The fourth-order valence-electron chi connectivity index (χ4n) is 3.16. The van der Waals surface area contributed by atoms with Gasteiger partial charge in [-0.3, -0.25) is 9.59 Å². The fraction of sp³-hybridized carbons (Fsp3) is 0.364. The molecule has 28 heavy (non-hydrogen) atoms. The summed E-state index contributed by atoms with van der Waals surface area (Å²) in [6.07, 6.45) is 2.71. The van der Waals surface area contributed by atoms with Crippen LogP contribution in [0.25, 0.3) is 6.08 Å². The van der Waals surface area contributed by atoms with Crippen LogP contribution in [0.15, 0.2) is 41.4 Å². The number of hydrogen-bond acceptors (Lipinski definition) is 4. The molecule has 1 aromatic heterocycles. The van der Waals surface area contributed by atoms with Gasteiger partial charge in [-0.15, -0.1) is 11.3 Å². The number of carbonyl (C=O) groups is 2. The van der Waals surface area contributed by atoms with Gasteiger partial charge in [0.25, 0.3) is 11.8 Å². The first-order valence-corrected chi connectivity index (χ1v) is 10.4. The molecule has 0 unspecified atom stereocenters. The van der Waals surface area contributed by atoms with Gasteiger partial charge in [0.1, 0.15) is 5.70 Å². The molecule has 0 saturated carbocycles. The molecule has 5 nitrogen and oxygen atoms in total. The van der Waals surface area contributed by atoms with Crippen molar-refractivity contribution in [1.29, 1.82) is 0 Å². The third kappa shape index (κ3) is 5.09. The van der Waals surface area contributed by atoms with Gasteiger partial charge in [-0.05, 0) is 74.6 Å². The van der Waals surface area contributed by atoms with E-state index in [0.717, 1.165) is 35.5 Å². The number of aryl methyl sites for hydroxylation is 2. The third-order valence-electron chi connectivity index (χ3n) is 5.08. The first kappa shape index (κ1) is 20.3. The zero-order valence-electron chi connectivity index (χ0n) is 16.7. The van der Waals surface area contributed by atoms with Gasteiger partial charge in [0.05, 0.1) is 0 Å². The summed E-state index contributed by atoms with van der Waals surface area (Å²) < 4.78 is 0. The highest BCUT2D eigenvalue weighted by atomic mass is 32.1. The molecule has 2 amide bonds. The van der Waals surface area contributed by atoms with Crippen molar-refractivity contribution in [2.75, 3.05) is 33.2 Å². The van der Waals surface area contributed by atoms with Crippen molar-refractivity contribution in [3.8, 4) is 0 Å². The average Bonchev–Trinajstić information content (AvgIpc) is 3.09. The highest BCUT2D eigenvalue weighted by Gasteiger charge is 2.23. The van der Waals surface area contributed by atoms with E-state index >= 15 is 0 Å². The van der Waals surface area contributed by atoms with E-state index in [4.69, 9.17) is 0 Å². The Bertz CT molecular complexity index is 874. The number of amides is 2. The molecule has 0 bridgehead atoms. The van der Waals surface area contributed by atoms with E-state index in [2.05, 4.69) is 17.3 Å². The number of hydrogen-bond donors (Lipinski definition) is 1. The lowest BCUT2D eigenvalue weighted by molar-refractivity contribution is -0.127. The average molecular weight is 398 g/mol. The molecule has 2 heterocycles. The Balaban J connectivity index is 1.83. The highest BCUT2D eigenvalue weighted by molar-refractivity contribution is 7.10. The fourth-order valence-corrected chi connectivity index (χ4v) is 3.82. The van der Waals surface area contributed by atoms with Crippen molar-refractivity contribution < 1.29 is 9.59 Å². The van der Waals surface area contributed by atoms with Crippen LogP contribution in [0, 0.1) is 13.8 Å². The maximum Gasteiger partial charge on any atom is 0.270 e. The van der Waals surface area contributed by atoms with Crippen molar-refractivity contribution in [2.24, 2.45) is 0 Å². The SMILES string of the molecule is Cc1ccc(C(=O)N/C(=C\c2cccs2)C(=O)N2CCCN(C)CC2)cc1C. The molecule has 148 valence electrons. The van der Waals surface area contributed by atoms with E-state index in [-0.39, 0.29) is 11.8 Å². The van der Waals surface area contributed by atoms with Crippen molar-refractivity contribution in [1.82, 2.24) is 15.1 Å². The number of nitrogens with zero attached hydrogens (tertiary/aromatic N) is 2. The zero-order valence-corrected chi connectivity index (χ0v) is 17.5. The van der Waals surface area contributed by atoms with Crippen LogP contribution < -0.4 is 5.32 Å². The largest absolute Gasteiger partial charge is 0.336 e. The molecule has 1 N–H and O–H groups in total. The lowest BCUT2D eigenvalue weighted by Crippen LogP contribution is -2.40. The lowest BCUT2D eigenvalue weighted by Gasteiger charge is -2.22. The Morgan fingerprint density at radius 1 is 1.07 bits per heavy atom. The van der Waals surface area contributed by atoms with Crippen molar-refractivity contribution >= 4 is 29.2 Å². The Labute approximate surface area is 170 Å². The lowest BCUT2D eigenvalue weighted by atomic mass is 10.1. The molecule has 0 atom stereocenters. The van der Waals surface area contributed by atoms with Gasteiger partial charge in [-0.1, -0.05) is 12.1 Å². The molecule has 0 aliphatic carbocycles. The maximum absolute atomic E-state index is 13.2. The van der Waals surface area contributed by atoms with Gasteiger partial charge in [0.2, 0.25) is 0 Å². The number of benzene rings is 1. The van der Waals surface area contributed by atoms with Crippen LogP contribution in [0.3, 0.4) is 0 Å². The molecular weight excluding hydrogens is 370 g/mol. The van der Waals surface area contributed by atoms with Gasteiger partial charge in [-0.25, -0.2) is 0 Å². The van der Waals surface area contributed by atoms with Crippen molar-refractivity contribution in [2.45, 2.75) is 20.3 Å². The van der Waals surface area contributed by atoms with E-state index in [9.17, 15) is 9.59 Å². The number of rotatable bonds is 4. The third-order valence-corrected chi connectivity index (χ3v) is 5.90. The van der Waals surface area contributed by atoms with Crippen molar-refractivity contribution in [3.63, 3.8) is 0 Å². The van der Waals surface area contributed by atoms with Gasteiger partial charge in [-0.2, -0.15) is 0 Å². The van der Waals surface area contributed by atoms with Gasteiger partial charge in [0.15, 0.2) is 0 Å². The summed E-state index contributed by atoms with van der Waals surface area (Å²) in [4.78, 5) is 31.0. The summed E-state index contributed by atoms with van der Waals surface area (Å²) in [6.45, 7) is 7.17. The molecule has 0 radical (unpaired) electrons. The summed E-state index contributed by atoms with van der Waals surface area (Å²) in [5.41, 5.74) is 3.08. The minimum absolute atomic E-state index is 0.124. The predicted molar refractivity (Wildman–Crippen MR) is 114 cm³/mol. The minimum atomic E-state index is -0.258. The second-order valence-electron chi connectivity index (χ2n) is 7.28. The smallest absolute Gasteiger partial charge is 0.270 e. The molecule has 1 aromatic carbocycles. The Morgan fingerprint density at radius 2 is 1.89 bits per heavy atom. The normalized spacial score (nSPS) is 16.0. The molecule has 1 fully saturated rings. The number of likely N-dealkylation sites (N-methyl/N-ethyl adjacent to an activating group) is 1. The summed E-state index contributed by atoms with van der Waals surface area (Å²) in [6, 6.07) is 9.46. The van der Waals surface area contributed by atoms with E-state index in [1.54, 1.807) is 23.5 Å². The van der Waals surface area contributed by atoms with Gasteiger partial charge in [0, 0.05) is 30.1 Å². The second-order valence-corrected chi connectivity index (χ2v) is 8.25. The number of carbonyl (C=O) groups excluding carboxylic acids is 2. The second kappa shape index (κ2) is 9.17. The molecule has 3 rings (SSSR count). The molecule has 0 spiro atoms. The minimum Gasteiger partial charge on any atom is -0.336 e. The maximum atomic E-state index is 13.2. The van der Waals surface area contributed by atoms with Gasteiger partial charge >= 0.3 is 0 Å². The van der Waals surface area contributed by atoms with Crippen LogP contribution in [0.2, 0.25) is 0 Å². The highest BCUT2D eigenvalue weighted by Crippen LogP contribution is 2.16. The van der Waals surface area contributed by atoms with E-state index < -0.39 is 0 Å². The van der Waals surface area contributed by atoms with Crippen LogP contribution in [-0.2, 0) is 4.79 Å². The van der Waals surface area contributed by atoms with Crippen LogP contribution in [0.1, 0.15) is 32.8 Å². The van der Waals surface area contributed by atoms with E-state index in [1.165, 1.54) is 0 Å². The first-order valence-electron chi connectivity index (χ1n) is 9.55. The summed E-state index contributed by atoms with van der Waals surface area (Å²) in [5, 5.41) is 4.83. The standard InChI is InChI=1S/C22H27N3O2S/c1-16-7-8-18(14-17(16)2)21(26)23-20(15-19-6-4-13-28-19)22(27)25-10-5-9-24(3)11-12-25/h4,6-8,13-15H,5,9-12H2,1-3H3,(H,23,26)/b20-15-. The molecule has 1 aliphatic rings. The quantitative estimate of drug-likeness (QED) is 0.806. The monoisotopic (exact) mass is 397 g/mol. The Morgan fingerprint density at radius 3 is 2.61 bits per heavy atom. The number of nitrogens with one attached hydrogen (secondary N) is 1. The van der Waals surface area contributed by atoms with Crippen LogP contribution in [0.4, 0.5) is 0 Å². The molecule has 2 aromatic rings. The summed E-state index contributed by atoms with van der Waals surface area (Å²) >= 11 is 1.54. The molecule has 1 saturated heterocycles.